The number of carbonyl (C=O) groups is 2. The SMILES string of the molecule is CCOC(=O)c1cccc(C(=O)Nc2ccc(Oc3ccccc3)cc2)n1. The average Bonchev–Trinajstić information content (AvgIpc) is 2.70. The highest BCUT2D eigenvalue weighted by Gasteiger charge is 2.13. The molecule has 0 unspecified atom stereocenters. The van der Waals surface area contributed by atoms with E-state index in [0.717, 1.165) is 5.75 Å². The van der Waals surface area contributed by atoms with Crippen LogP contribution in [-0.4, -0.2) is 23.5 Å². The molecule has 6 heteroatoms. The van der Waals surface area contributed by atoms with Gasteiger partial charge in [0.1, 0.15) is 22.9 Å². The smallest absolute Gasteiger partial charge is 0.356 e. The van der Waals surface area contributed by atoms with E-state index in [-0.39, 0.29) is 18.0 Å². The Balaban J connectivity index is 1.66. The molecule has 1 amide bonds. The highest BCUT2D eigenvalue weighted by Crippen LogP contribution is 2.22. The predicted molar refractivity (Wildman–Crippen MR) is 101 cm³/mol. The van der Waals surface area contributed by atoms with Crippen molar-refractivity contribution in [2.45, 2.75) is 6.92 Å². The van der Waals surface area contributed by atoms with Crippen molar-refractivity contribution in [3.05, 3.63) is 84.2 Å². The third-order valence-electron chi connectivity index (χ3n) is 3.56. The van der Waals surface area contributed by atoms with Crippen molar-refractivity contribution in [2.75, 3.05) is 11.9 Å². The second-order valence-electron chi connectivity index (χ2n) is 5.52. The van der Waals surface area contributed by atoms with Crippen molar-refractivity contribution in [2.24, 2.45) is 0 Å². The number of nitrogens with zero attached hydrogens (tertiary/aromatic N) is 1. The number of amides is 1. The molecule has 3 rings (SSSR count). The number of anilines is 1. The number of rotatable bonds is 6. The third-order valence-corrected chi connectivity index (χ3v) is 3.56. The first kappa shape index (κ1) is 18.1. The van der Waals surface area contributed by atoms with Gasteiger partial charge in [-0.25, -0.2) is 9.78 Å². The lowest BCUT2D eigenvalue weighted by atomic mass is 10.2. The van der Waals surface area contributed by atoms with Crippen LogP contribution >= 0.6 is 0 Å². The molecule has 3 aromatic rings. The van der Waals surface area contributed by atoms with Crippen LogP contribution in [0.1, 0.15) is 27.9 Å². The van der Waals surface area contributed by atoms with Crippen LogP contribution in [0.5, 0.6) is 11.5 Å². The van der Waals surface area contributed by atoms with Crippen molar-refractivity contribution in [3.8, 4) is 11.5 Å². The Bertz CT molecular complexity index is 924. The summed E-state index contributed by atoms with van der Waals surface area (Å²) in [6, 6.07) is 21.0. The predicted octanol–water partition coefficient (Wildman–Crippen LogP) is 4.30. The molecule has 6 nitrogen and oxygen atoms in total. The zero-order valence-corrected chi connectivity index (χ0v) is 14.7. The summed E-state index contributed by atoms with van der Waals surface area (Å²) in [5.41, 5.74) is 0.810. The molecule has 0 bridgehead atoms. The van der Waals surface area contributed by atoms with Crippen molar-refractivity contribution in [1.29, 1.82) is 0 Å². The number of nitrogens with one attached hydrogen (secondary N) is 1. The third kappa shape index (κ3) is 4.92. The van der Waals surface area contributed by atoms with Gasteiger partial charge in [0.15, 0.2) is 0 Å². The number of hydrogen-bond acceptors (Lipinski definition) is 5. The summed E-state index contributed by atoms with van der Waals surface area (Å²) in [5, 5.41) is 2.74. The van der Waals surface area contributed by atoms with Gasteiger partial charge in [0.05, 0.1) is 6.61 Å². The lowest BCUT2D eigenvalue weighted by molar-refractivity contribution is 0.0519. The van der Waals surface area contributed by atoms with Gasteiger partial charge in [0.2, 0.25) is 0 Å². The van der Waals surface area contributed by atoms with Gasteiger partial charge in [-0.1, -0.05) is 24.3 Å². The van der Waals surface area contributed by atoms with E-state index in [0.29, 0.717) is 11.4 Å². The van der Waals surface area contributed by atoms with E-state index < -0.39 is 11.9 Å². The standard InChI is InChI=1S/C21H18N2O4/c1-2-26-21(25)19-10-6-9-18(23-19)20(24)22-15-11-13-17(14-12-15)27-16-7-4-3-5-8-16/h3-14H,2H2,1H3,(H,22,24). The van der Waals surface area contributed by atoms with Crippen LogP contribution in [0.3, 0.4) is 0 Å². The van der Waals surface area contributed by atoms with E-state index in [4.69, 9.17) is 9.47 Å². The van der Waals surface area contributed by atoms with E-state index in [2.05, 4.69) is 10.3 Å². The van der Waals surface area contributed by atoms with Gasteiger partial charge in [0.25, 0.3) is 5.91 Å². The Hall–Kier alpha value is -3.67. The fourth-order valence-electron chi connectivity index (χ4n) is 2.31. The average molecular weight is 362 g/mol. The maximum absolute atomic E-state index is 12.4. The van der Waals surface area contributed by atoms with Crippen LogP contribution in [0, 0.1) is 0 Å². The highest BCUT2D eigenvalue weighted by atomic mass is 16.5. The highest BCUT2D eigenvalue weighted by molar-refractivity contribution is 6.03. The van der Waals surface area contributed by atoms with E-state index in [1.807, 2.05) is 30.3 Å². The van der Waals surface area contributed by atoms with Gasteiger partial charge < -0.3 is 14.8 Å². The number of aromatic nitrogens is 1. The maximum Gasteiger partial charge on any atom is 0.356 e. The van der Waals surface area contributed by atoms with E-state index in [9.17, 15) is 9.59 Å². The first-order valence-electron chi connectivity index (χ1n) is 8.44. The first-order valence-corrected chi connectivity index (χ1v) is 8.44. The number of pyridine rings is 1. The minimum absolute atomic E-state index is 0.0936. The van der Waals surface area contributed by atoms with Crippen molar-refractivity contribution in [3.63, 3.8) is 0 Å². The summed E-state index contributed by atoms with van der Waals surface area (Å²) < 4.78 is 10.6. The van der Waals surface area contributed by atoms with Crippen molar-refractivity contribution >= 4 is 17.6 Å². The zero-order valence-electron chi connectivity index (χ0n) is 14.7. The summed E-state index contributed by atoms with van der Waals surface area (Å²) in [7, 11) is 0. The first-order chi connectivity index (χ1) is 13.2. The van der Waals surface area contributed by atoms with Crippen molar-refractivity contribution in [1.82, 2.24) is 4.98 Å². The number of hydrogen-bond donors (Lipinski definition) is 1. The molecule has 0 atom stereocenters. The number of para-hydroxylation sites is 1. The second-order valence-corrected chi connectivity index (χ2v) is 5.52. The molecular weight excluding hydrogens is 344 g/mol. The Morgan fingerprint density at radius 1 is 0.852 bits per heavy atom. The Morgan fingerprint density at radius 3 is 2.22 bits per heavy atom. The minimum Gasteiger partial charge on any atom is -0.461 e. The number of esters is 1. The fraction of sp³-hybridized carbons (Fsp3) is 0.0952. The summed E-state index contributed by atoms with van der Waals surface area (Å²) in [6.45, 7) is 1.95. The normalized spacial score (nSPS) is 10.1. The molecule has 0 saturated heterocycles. The molecule has 0 aliphatic carbocycles. The van der Waals surface area contributed by atoms with Gasteiger partial charge in [-0.15, -0.1) is 0 Å². The molecule has 2 aromatic carbocycles. The molecule has 0 aliphatic rings. The maximum atomic E-state index is 12.4. The molecule has 1 N–H and O–H groups in total. The Morgan fingerprint density at radius 2 is 1.52 bits per heavy atom. The van der Waals surface area contributed by atoms with Crippen LogP contribution in [0.15, 0.2) is 72.8 Å². The van der Waals surface area contributed by atoms with Crippen LogP contribution in [0.25, 0.3) is 0 Å². The van der Waals surface area contributed by atoms with Crippen LogP contribution in [0.4, 0.5) is 5.69 Å². The molecule has 0 aliphatic heterocycles. The number of ether oxygens (including phenoxy) is 2. The van der Waals surface area contributed by atoms with E-state index >= 15 is 0 Å². The van der Waals surface area contributed by atoms with Gasteiger partial charge in [-0.2, -0.15) is 0 Å². The van der Waals surface area contributed by atoms with Crippen LogP contribution in [0.2, 0.25) is 0 Å². The quantitative estimate of drug-likeness (QED) is 0.662. The molecule has 0 saturated carbocycles. The van der Waals surface area contributed by atoms with Gasteiger partial charge >= 0.3 is 5.97 Å². The summed E-state index contributed by atoms with van der Waals surface area (Å²) in [6.07, 6.45) is 0. The lowest BCUT2D eigenvalue weighted by Crippen LogP contribution is -2.16. The number of benzene rings is 2. The molecule has 27 heavy (non-hydrogen) atoms. The summed E-state index contributed by atoms with van der Waals surface area (Å²) in [4.78, 5) is 28.2. The molecule has 0 fully saturated rings. The molecule has 0 radical (unpaired) electrons. The van der Waals surface area contributed by atoms with Crippen molar-refractivity contribution < 1.29 is 19.1 Å². The summed E-state index contributed by atoms with van der Waals surface area (Å²) in [5.74, 6) is 0.406. The zero-order chi connectivity index (χ0) is 19.1. The van der Waals surface area contributed by atoms with Crippen LogP contribution in [-0.2, 0) is 4.74 Å². The molecule has 1 heterocycles. The minimum atomic E-state index is -0.561. The topological polar surface area (TPSA) is 77.5 Å². The van der Waals surface area contributed by atoms with Gasteiger partial charge in [0, 0.05) is 5.69 Å². The monoisotopic (exact) mass is 362 g/mol. The Kier molecular flexibility index (Phi) is 5.79. The summed E-state index contributed by atoms with van der Waals surface area (Å²) >= 11 is 0. The second kappa shape index (κ2) is 8.62. The fourth-order valence-corrected chi connectivity index (χ4v) is 2.31. The molecular formula is C21H18N2O4. The number of carbonyl (C=O) groups excluding carboxylic acids is 2. The van der Waals surface area contributed by atoms with Crippen LogP contribution < -0.4 is 10.1 Å². The molecule has 136 valence electrons. The molecule has 1 aromatic heterocycles. The Labute approximate surface area is 156 Å². The largest absolute Gasteiger partial charge is 0.461 e. The van der Waals surface area contributed by atoms with Gasteiger partial charge in [-0.05, 0) is 55.5 Å². The molecule has 0 spiro atoms. The van der Waals surface area contributed by atoms with Gasteiger partial charge in [-0.3, -0.25) is 4.79 Å². The van der Waals surface area contributed by atoms with E-state index in [1.54, 1.807) is 37.3 Å². The van der Waals surface area contributed by atoms with E-state index in [1.165, 1.54) is 12.1 Å². The lowest BCUT2D eigenvalue weighted by Gasteiger charge is -2.08.